The van der Waals surface area contributed by atoms with E-state index in [1.54, 1.807) is 0 Å². The average Bonchev–Trinajstić information content (AvgIpc) is 3.32. The fourth-order valence-electron chi connectivity index (χ4n) is 4.08. The lowest BCUT2D eigenvalue weighted by atomic mass is 9.85. The number of carbonyl (C=O) groups excluding carboxylic acids is 2. The summed E-state index contributed by atoms with van der Waals surface area (Å²) in [7, 11) is -5.05. The third kappa shape index (κ3) is 4.66. The molecule has 0 heterocycles. The first-order valence-corrected chi connectivity index (χ1v) is 11.9. The molecule has 1 aliphatic carbocycles. The van der Waals surface area contributed by atoms with Crippen molar-refractivity contribution in [1.82, 2.24) is 0 Å². The van der Waals surface area contributed by atoms with Crippen LogP contribution in [-0.2, 0) is 19.3 Å². The molecule has 0 unspecified atom stereocenters. The zero-order valence-corrected chi connectivity index (χ0v) is 19.1. The molecule has 1 aliphatic rings. The van der Waals surface area contributed by atoms with Gasteiger partial charge in [-0.1, -0.05) is 25.0 Å². The number of rotatable bonds is 6. The van der Waals surface area contributed by atoms with Gasteiger partial charge in [-0.25, -0.2) is 22.4 Å². The SMILES string of the molecule is CCOC(=O)c1c(S(=O)(=O)C(F)(F)F)[c]c(C2CCCC2)c(C(=O)OC)c1-c1ccc(F)cc1. The van der Waals surface area contributed by atoms with Crippen LogP contribution in [0.3, 0.4) is 0 Å². The maximum absolute atomic E-state index is 13.7. The number of methoxy groups -OCH3 is 1. The number of sulfone groups is 1. The topological polar surface area (TPSA) is 86.7 Å². The maximum Gasteiger partial charge on any atom is 0.501 e. The number of hydrogen-bond donors (Lipinski definition) is 0. The molecule has 0 saturated heterocycles. The molecule has 0 atom stereocenters. The van der Waals surface area contributed by atoms with E-state index in [-0.39, 0.29) is 23.3 Å². The maximum atomic E-state index is 13.7. The van der Waals surface area contributed by atoms with Crippen molar-refractivity contribution in [3.05, 3.63) is 52.8 Å². The standard InChI is InChI=1S/C23H21F4O6S/c1-3-33-22(29)20-17(34(30,31)23(25,26)27)12-16(13-6-4-5-7-13)19(21(28)32-2)18(20)14-8-10-15(24)11-9-14/h8-11,13H,3-7H2,1-2H3. The van der Waals surface area contributed by atoms with Gasteiger partial charge in [0.1, 0.15) is 5.82 Å². The van der Waals surface area contributed by atoms with E-state index in [0.29, 0.717) is 25.7 Å². The zero-order chi connectivity index (χ0) is 25.3. The minimum absolute atomic E-state index is 0.0586. The van der Waals surface area contributed by atoms with E-state index in [2.05, 4.69) is 6.07 Å². The first kappa shape index (κ1) is 25.7. The summed E-state index contributed by atoms with van der Waals surface area (Å²) in [4.78, 5) is 24.4. The van der Waals surface area contributed by atoms with Crippen LogP contribution in [0.2, 0.25) is 0 Å². The highest BCUT2D eigenvalue weighted by Crippen LogP contribution is 2.45. The van der Waals surface area contributed by atoms with Crippen molar-refractivity contribution in [2.24, 2.45) is 0 Å². The van der Waals surface area contributed by atoms with Gasteiger partial charge >= 0.3 is 17.4 Å². The molecule has 11 heteroatoms. The van der Waals surface area contributed by atoms with Crippen molar-refractivity contribution in [3.8, 4) is 11.1 Å². The summed E-state index contributed by atoms with van der Waals surface area (Å²) in [5.74, 6) is -3.59. The molecule has 1 radical (unpaired) electrons. The Morgan fingerprint density at radius 3 is 2.15 bits per heavy atom. The van der Waals surface area contributed by atoms with Gasteiger partial charge in [-0.2, -0.15) is 13.2 Å². The summed E-state index contributed by atoms with van der Waals surface area (Å²) in [6, 6.07) is 6.45. The van der Waals surface area contributed by atoms with Crippen molar-refractivity contribution in [2.45, 2.75) is 48.9 Å². The van der Waals surface area contributed by atoms with Gasteiger partial charge in [0.05, 0.1) is 29.7 Å². The first-order chi connectivity index (χ1) is 15.9. The lowest BCUT2D eigenvalue weighted by molar-refractivity contribution is -0.0436. The molecule has 2 aromatic rings. The quantitative estimate of drug-likeness (QED) is 0.399. The van der Waals surface area contributed by atoms with Crippen LogP contribution in [0, 0.1) is 11.9 Å². The second-order valence-electron chi connectivity index (χ2n) is 7.64. The van der Waals surface area contributed by atoms with Gasteiger partial charge in [0.25, 0.3) is 9.84 Å². The monoisotopic (exact) mass is 501 g/mol. The number of halogens is 4. The van der Waals surface area contributed by atoms with Gasteiger partial charge in [-0.05, 0) is 48.9 Å². The second-order valence-corrected chi connectivity index (χ2v) is 9.52. The molecule has 0 aromatic heterocycles. The molecule has 183 valence electrons. The van der Waals surface area contributed by atoms with Crippen LogP contribution in [0.25, 0.3) is 11.1 Å². The Balaban J connectivity index is 2.58. The van der Waals surface area contributed by atoms with Crippen molar-refractivity contribution in [3.63, 3.8) is 0 Å². The van der Waals surface area contributed by atoms with E-state index in [0.717, 1.165) is 31.4 Å². The Labute approximate surface area is 193 Å². The molecule has 2 aromatic carbocycles. The number of alkyl halides is 3. The lowest BCUT2D eigenvalue weighted by Gasteiger charge is -2.23. The summed E-state index contributed by atoms with van der Waals surface area (Å²) in [6.07, 6.45) is 2.33. The van der Waals surface area contributed by atoms with E-state index < -0.39 is 55.0 Å². The molecule has 6 nitrogen and oxygen atoms in total. The highest BCUT2D eigenvalue weighted by molar-refractivity contribution is 7.92. The summed E-state index contributed by atoms with van der Waals surface area (Å²) in [5, 5.41) is 0. The molecular formula is C23H21F4O6S. The molecule has 1 fully saturated rings. The molecule has 0 aliphatic heterocycles. The molecule has 3 rings (SSSR count). The van der Waals surface area contributed by atoms with Gasteiger partial charge in [0.15, 0.2) is 0 Å². The fourth-order valence-corrected chi connectivity index (χ4v) is 5.01. The number of carbonyl (C=O) groups is 2. The summed E-state index contributed by atoms with van der Waals surface area (Å²) in [5.41, 5.74) is -7.66. The summed E-state index contributed by atoms with van der Waals surface area (Å²) >= 11 is 0. The number of ether oxygens (including phenoxy) is 2. The van der Waals surface area contributed by atoms with Crippen LogP contribution >= 0.6 is 0 Å². The third-order valence-electron chi connectivity index (χ3n) is 5.58. The Bertz CT molecular complexity index is 1200. The van der Waals surface area contributed by atoms with Crippen LogP contribution in [0.1, 0.15) is 64.8 Å². The summed E-state index contributed by atoms with van der Waals surface area (Å²) in [6.45, 7) is 1.09. The van der Waals surface area contributed by atoms with Crippen LogP contribution in [0.4, 0.5) is 17.6 Å². The van der Waals surface area contributed by atoms with Crippen molar-refractivity contribution >= 4 is 21.8 Å². The predicted molar refractivity (Wildman–Crippen MR) is 112 cm³/mol. The molecular weight excluding hydrogens is 480 g/mol. The van der Waals surface area contributed by atoms with Gasteiger partial charge in [0, 0.05) is 11.6 Å². The van der Waals surface area contributed by atoms with Crippen LogP contribution < -0.4 is 0 Å². The molecule has 0 amide bonds. The first-order valence-electron chi connectivity index (χ1n) is 10.4. The number of hydrogen-bond acceptors (Lipinski definition) is 6. The number of esters is 2. The Morgan fingerprint density at radius 1 is 1.06 bits per heavy atom. The molecule has 34 heavy (non-hydrogen) atoms. The van der Waals surface area contributed by atoms with Gasteiger partial charge < -0.3 is 9.47 Å². The van der Waals surface area contributed by atoms with Gasteiger partial charge in [-0.15, -0.1) is 0 Å². The van der Waals surface area contributed by atoms with E-state index in [4.69, 9.17) is 9.47 Å². The zero-order valence-electron chi connectivity index (χ0n) is 18.3. The smallest absolute Gasteiger partial charge is 0.465 e. The van der Waals surface area contributed by atoms with Gasteiger partial charge in [0.2, 0.25) is 0 Å². The lowest BCUT2D eigenvalue weighted by Crippen LogP contribution is -2.28. The second kappa shape index (κ2) is 9.73. The predicted octanol–water partition coefficient (Wildman–Crippen LogP) is 5.21. The Morgan fingerprint density at radius 2 is 1.65 bits per heavy atom. The van der Waals surface area contributed by atoms with Crippen molar-refractivity contribution in [2.75, 3.05) is 13.7 Å². The minimum Gasteiger partial charge on any atom is -0.465 e. The van der Waals surface area contributed by atoms with E-state index >= 15 is 0 Å². The van der Waals surface area contributed by atoms with Crippen molar-refractivity contribution < 1.29 is 45.0 Å². The number of benzene rings is 2. The molecule has 1 saturated carbocycles. The Kier molecular flexibility index (Phi) is 7.35. The van der Waals surface area contributed by atoms with Crippen LogP contribution in [0.15, 0.2) is 29.2 Å². The van der Waals surface area contributed by atoms with E-state index in [1.165, 1.54) is 6.92 Å². The normalized spacial score (nSPS) is 14.8. The average molecular weight is 501 g/mol. The highest BCUT2D eigenvalue weighted by Gasteiger charge is 2.50. The highest BCUT2D eigenvalue weighted by atomic mass is 32.2. The van der Waals surface area contributed by atoms with E-state index in [1.807, 2.05) is 0 Å². The Hall–Kier alpha value is -2.95. The van der Waals surface area contributed by atoms with E-state index in [9.17, 15) is 35.6 Å². The minimum atomic E-state index is -6.09. The summed E-state index contributed by atoms with van der Waals surface area (Å²) < 4.78 is 89.6. The van der Waals surface area contributed by atoms with Crippen LogP contribution in [-0.4, -0.2) is 39.6 Å². The largest absolute Gasteiger partial charge is 0.501 e. The van der Waals surface area contributed by atoms with Crippen molar-refractivity contribution in [1.29, 1.82) is 0 Å². The van der Waals surface area contributed by atoms with Gasteiger partial charge in [-0.3, -0.25) is 0 Å². The third-order valence-corrected chi connectivity index (χ3v) is 7.04. The molecule has 0 spiro atoms. The molecule has 0 bridgehead atoms. The van der Waals surface area contributed by atoms with Crippen LogP contribution in [0.5, 0.6) is 0 Å². The fraction of sp³-hybridized carbons (Fsp3) is 0.391. The molecule has 0 N–H and O–H groups in total.